The van der Waals surface area contributed by atoms with Crippen LogP contribution < -0.4 is 5.73 Å². The molecule has 0 aliphatic rings. The van der Waals surface area contributed by atoms with E-state index in [0.717, 1.165) is 26.2 Å². The summed E-state index contributed by atoms with van der Waals surface area (Å²) in [5, 5.41) is 0. The molecule has 15 heavy (non-hydrogen) atoms. The van der Waals surface area contributed by atoms with Crippen LogP contribution in [0.3, 0.4) is 0 Å². The molecule has 0 rings (SSSR count). The molecule has 0 aromatic carbocycles. The number of nitrogens with zero attached hydrogens (tertiary/aromatic N) is 2. The molecular weight excluding hydrogens is 190 g/mol. The number of carbonyl (C=O) groups excluding carboxylic acids is 1. The summed E-state index contributed by atoms with van der Waals surface area (Å²) < 4.78 is 0. The van der Waals surface area contributed by atoms with Gasteiger partial charge in [0.05, 0.1) is 0 Å². The Labute approximate surface area is 93.4 Å². The van der Waals surface area contributed by atoms with Gasteiger partial charge in [-0.1, -0.05) is 13.8 Å². The minimum Gasteiger partial charge on any atom is -0.370 e. The summed E-state index contributed by atoms with van der Waals surface area (Å²) in [6.45, 7) is 8.20. The lowest BCUT2D eigenvalue weighted by atomic mass is 10.2. The van der Waals surface area contributed by atoms with Gasteiger partial charge in [0.15, 0.2) is 0 Å². The van der Waals surface area contributed by atoms with Gasteiger partial charge in [-0.25, -0.2) is 0 Å². The van der Waals surface area contributed by atoms with E-state index in [-0.39, 0.29) is 5.91 Å². The Morgan fingerprint density at radius 3 is 2.20 bits per heavy atom. The Morgan fingerprint density at radius 2 is 1.80 bits per heavy atom. The Hall–Kier alpha value is -0.610. The molecule has 0 aromatic rings. The molecule has 1 amide bonds. The summed E-state index contributed by atoms with van der Waals surface area (Å²) in [6, 6.07) is 0. The molecule has 0 spiro atoms. The maximum atomic E-state index is 10.7. The van der Waals surface area contributed by atoms with E-state index in [1.165, 1.54) is 0 Å². The fraction of sp³-hybridized carbons (Fsp3) is 0.909. The van der Waals surface area contributed by atoms with Gasteiger partial charge in [0.25, 0.3) is 0 Å². The van der Waals surface area contributed by atoms with Crippen molar-refractivity contribution < 1.29 is 4.79 Å². The molecule has 4 heteroatoms. The fourth-order valence-corrected chi connectivity index (χ4v) is 1.42. The van der Waals surface area contributed by atoms with Crippen molar-refractivity contribution in [2.24, 2.45) is 11.7 Å². The summed E-state index contributed by atoms with van der Waals surface area (Å²) in [5.41, 5.74) is 5.15. The summed E-state index contributed by atoms with van der Waals surface area (Å²) in [7, 11) is 4.11. The predicted molar refractivity (Wildman–Crippen MR) is 63.6 cm³/mol. The molecule has 0 heterocycles. The highest BCUT2D eigenvalue weighted by Crippen LogP contribution is 1.99. The first-order valence-corrected chi connectivity index (χ1v) is 5.57. The van der Waals surface area contributed by atoms with Gasteiger partial charge in [-0.3, -0.25) is 4.79 Å². The third-order valence-electron chi connectivity index (χ3n) is 2.16. The van der Waals surface area contributed by atoms with Crippen molar-refractivity contribution in [1.29, 1.82) is 0 Å². The first-order valence-electron chi connectivity index (χ1n) is 5.57. The fourth-order valence-electron chi connectivity index (χ4n) is 1.42. The maximum Gasteiger partial charge on any atom is 0.218 e. The Kier molecular flexibility index (Phi) is 7.34. The van der Waals surface area contributed by atoms with Crippen LogP contribution in [0.2, 0.25) is 0 Å². The zero-order valence-corrected chi connectivity index (χ0v) is 10.5. The van der Waals surface area contributed by atoms with Gasteiger partial charge in [0.2, 0.25) is 5.91 Å². The lowest BCUT2D eigenvalue weighted by molar-refractivity contribution is -0.118. The average Bonchev–Trinajstić information content (AvgIpc) is 2.08. The standard InChI is InChI=1S/C11H25N3O/c1-10(2)9-14(6-5-11(12)15)8-7-13(3)4/h10H,5-9H2,1-4H3,(H2,12,15). The van der Waals surface area contributed by atoms with Crippen LogP contribution in [0.5, 0.6) is 0 Å². The van der Waals surface area contributed by atoms with Crippen LogP contribution in [0.4, 0.5) is 0 Å². The van der Waals surface area contributed by atoms with E-state index in [2.05, 4.69) is 37.7 Å². The van der Waals surface area contributed by atoms with Crippen molar-refractivity contribution >= 4 is 5.91 Å². The highest BCUT2D eigenvalue weighted by Gasteiger charge is 2.08. The van der Waals surface area contributed by atoms with Gasteiger partial charge in [-0.15, -0.1) is 0 Å². The molecule has 0 aromatic heterocycles. The van der Waals surface area contributed by atoms with Gasteiger partial charge >= 0.3 is 0 Å². The number of nitrogens with two attached hydrogens (primary N) is 1. The third kappa shape index (κ3) is 9.69. The summed E-state index contributed by atoms with van der Waals surface area (Å²) >= 11 is 0. The Morgan fingerprint density at radius 1 is 1.20 bits per heavy atom. The van der Waals surface area contributed by atoms with Gasteiger partial charge < -0.3 is 15.5 Å². The minimum absolute atomic E-state index is 0.214. The normalized spacial score (nSPS) is 11.7. The molecule has 0 bridgehead atoms. The highest BCUT2D eigenvalue weighted by atomic mass is 16.1. The molecule has 0 aliphatic heterocycles. The Bertz CT molecular complexity index is 181. The van der Waals surface area contributed by atoms with E-state index in [1.54, 1.807) is 0 Å². The molecular formula is C11H25N3O. The maximum absolute atomic E-state index is 10.7. The van der Waals surface area contributed by atoms with Crippen molar-refractivity contribution in [1.82, 2.24) is 9.80 Å². The molecule has 0 atom stereocenters. The van der Waals surface area contributed by atoms with Crippen LogP contribution in [0, 0.1) is 5.92 Å². The number of likely N-dealkylation sites (N-methyl/N-ethyl adjacent to an activating group) is 1. The molecule has 4 nitrogen and oxygen atoms in total. The number of rotatable bonds is 8. The molecule has 2 N–H and O–H groups in total. The van der Waals surface area contributed by atoms with Crippen LogP contribution in [-0.2, 0) is 4.79 Å². The Balaban J connectivity index is 3.89. The monoisotopic (exact) mass is 215 g/mol. The first-order chi connectivity index (χ1) is 6.91. The van der Waals surface area contributed by atoms with Crippen LogP contribution in [0.25, 0.3) is 0 Å². The van der Waals surface area contributed by atoms with Crippen LogP contribution >= 0.6 is 0 Å². The van der Waals surface area contributed by atoms with E-state index in [0.29, 0.717) is 12.3 Å². The number of hydrogen-bond acceptors (Lipinski definition) is 3. The van der Waals surface area contributed by atoms with Crippen LogP contribution in [0.1, 0.15) is 20.3 Å². The number of hydrogen-bond donors (Lipinski definition) is 1. The zero-order chi connectivity index (χ0) is 11.8. The second-order valence-corrected chi connectivity index (χ2v) is 4.71. The lowest BCUT2D eigenvalue weighted by Gasteiger charge is -2.25. The topological polar surface area (TPSA) is 49.6 Å². The van der Waals surface area contributed by atoms with E-state index in [9.17, 15) is 4.79 Å². The second-order valence-electron chi connectivity index (χ2n) is 4.71. The largest absolute Gasteiger partial charge is 0.370 e. The number of amides is 1. The zero-order valence-electron chi connectivity index (χ0n) is 10.5. The van der Waals surface area contributed by atoms with Crippen LogP contribution in [-0.4, -0.2) is 56.0 Å². The van der Waals surface area contributed by atoms with Gasteiger partial charge in [-0.05, 0) is 20.0 Å². The minimum atomic E-state index is -0.214. The smallest absolute Gasteiger partial charge is 0.218 e. The summed E-state index contributed by atoms with van der Waals surface area (Å²) in [5.74, 6) is 0.411. The molecule has 0 saturated carbocycles. The van der Waals surface area contributed by atoms with Gasteiger partial charge in [0, 0.05) is 32.6 Å². The quantitative estimate of drug-likeness (QED) is 0.637. The molecule has 90 valence electrons. The molecule has 0 aliphatic carbocycles. The predicted octanol–water partition coefficient (Wildman–Crippen LogP) is 0.381. The number of carbonyl (C=O) groups is 1. The third-order valence-corrected chi connectivity index (χ3v) is 2.16. The van der Waals surface area contributed by atoms with Crippen molar-refractivity contribution in [3.63, 3.8) is 0 Å². The van der Waals surface area contributed by atoms with Crippen LogP contribution in [0.15, 0.2) is 0 Å². The molecule has 0 radical (unpaired) electrons. The highest BCUT2D eigenvalue weighted by molar-refractivity contribution is 5.73. The van der Waals surface area contributed by atoms with Gasteiger partial charge in [0.1, 0.15) is 0 Å². The average molecular weight is 215 g/mol. The number of primary amides is 1. The first kappa shape index (κ1) is 14.4. The molecule has 0 saturated heterocycles. The van der Waals surface area contributed by atoms with Gasteiger partial charge in [-0.2, -0.15) is 0 Å². The van der Waals surface area contributed by atoms with E-state index < -0.39 is 0 Å². The summed E-state index contributed by atoms with van der Waals surface area (Å²) in [4.78, 5) is 15.2. The second kappa shape index (κ2) is 7.65. The summed E-state index contributed by atoms with van der Waals surface area (Å²) in [6.07, 6.45) is 0.458. The van der Waals surface area contributed by atoms with Crippen molar-refractivity contribution in [3.8, 4) is 0 Å². The van der Waals surface area contributed by atoms with Crippen molar-refractivity contribution in [2.45, 2.75) is 20.3 Å². The molecule has 0 fully saturated rings. The van der Waals surface area contributed by atoms with E-state index in [4.69, 9.17) is 5.73 Å². The van der Waals surface area contributed by atoms with Crippen molar-refractivity contribution in [2.75, 3.05) is 40.3 Å². The van der Waals surface area contributed by atoms with Crippen molar-refractivity contribution in [3.05, 3.63) is 0 Å². The SMILES string of the molecule is CC(C)CN(CCC(N)=O)CCN(C)C. The lowest BCUT2D eigenvalue weighted by Crippen LogP contribution is -2.36. The van der Waals surface area contributed by atoms with E-state index in [1.807, 2.05) is 0 Å². The van der Waals surface area contributed by atoms with E-state index >= 15 is 0 Å². The molecule has 0 unspecified atom stereocenters.